The van der Waals surface area contributed by atoms with Crippen molar-refractivity contribution >= 4 is 5.71 Å². The zero-order valence-corrected chi connectivity index (χ0v) is 8.49. The Bertz CT molecular complexity index is 257. The molecule has 0 aromatic carbocycles. The number of pyridine rings is 1. The number of hydrogen-bond acceptors (Lipinski definition) is 1. The molecule has 0 spiro atoms. The molecular formula is C10H13LiN2. The van der Waals surface area contributed by atoms with Gasteiger partial charge in [-0.2, -0.15) is 5.71 Å². The van der Waals surface area contributed by atoms with Crippen molar-refractivity contribution in [3.05, 3.63) is 35.5 Å². The van der Waals surface area contributed by atoms with E-state index < -0.39 is 0 Å². The van der Waals surface area contributed by atoms with Crippen molar-refractivity contribution in [2.24, 2.45) is 5.92 Å². The number of rotatable bonds is 3. The van der Waals surface area contributed by atoms with Crippen LogP contribution in [0.4, 0.5) is 0 Å². The maximum atomic E-state index is 9.47. The van der Waals surface area contributed by atoms with Gasteiger partial charge in [-0.1, -0.05) is 19.9 Å². The average Bonchev–Trinajstić information content (AvgIpc) is 2.06. The zero-order valence-electron chi connectivity index (χ0n) is 8.49. The fraction of sp³-hybridized carbons (Fsp3) is 0.400. The predicted octanol–water partition coefficient (Wildman–Crippen LogP) is -0.705. The van der Waals surface area contributed by atoms with Crippen molar-refractivity contribution in [3.63, 3.8) is 0 Å². The molecule has 1 aromatic heterocycles. The van der Waals surface area contributed by atoms with E-state index in [2.05, 4.69) is 4.98 Å². The summed E-state index contributed by atoms with van der Waals surface area (Å²) in [6.07, 6.45) is 4.13. The van der Waals surface area contributed by atoms with Crippen molar-refractivity contribution in [1.82, 2.24) is 4.98 Å². The minimum atomic E-state index is 0. The molecule has 1 aromatic rings. The number of nitrogens with zero attached hydrogens (tertiary/aromatic N) is 2. The van der Waals surface area contributed by atoms with E-state index in [1.807, 2.05) is 26.0 Å². The minimum absolute atomic E-state index is 0. The second-order valence-electron chi connectivity index (χ2n) is 3.18. The van der Waals surface area contributed by atoms with Gasteiger partial charge in [0.1, 0.15) is 0 Å². The first-order valence-corrected chi connectivity index (χ1v) is 4.13. The molecule has 0 aliphatic heterocycles. The van der Waals surface area contributed by atoms with E-state index in [1.165, 1.54) is 0 Å². The molecule has 0 radical (unpaired) electrons. The largest absolute Gasteiger partial charge is 1.00 e. The molecule has 0 aliphatic carbocycles. The molecule has 3 heteroatoms. The van der Waals surface area contributed by atoms with Gasteiger partial charge in [0, 0.05) is 12.4 Å². The Kier molecular flexibility index (Phi) is 5.69. The summed E-state index contributed by atoms with van der Waals surface area (Å²) in [5.74, 6) is 0.227. The Morgan fingerprint density at radius 3 is 2.69 bits per heavy atom. The second-order valence-corrected chi connectivity index (χ2v) is 3.18. The van der Waals surface area contributed by atoms with Gasteiger partial charge >= 0.3 is 18.9 Å². The fourth-order valence-corrected chi connectivity index (χ4v) is 0.916. The van der Waals surface area contributed by atoms with Gasteiger partial charge in [-0.3, -0.25) is 4.98 Å². The molecule has 0 bridgehead atoms. The molecule has 13 heavy (non-hydrogen) atoms. The van der Waals surface area contributed by atoms with Crippen LogP contribution in [0.1, 0.15) is 19.4 Å². The molecule has 1 heterocycles. The topological polar surface area (TPSA) is 35.2 Å². The van der Waals surface area contributed by atoms with Crippen LogP contribution in [-0.2, 0) is 6.42 Å². The number of hydrogen-bond donors (Lipinski definition) is 0. The second kappa shape index (κ2) is 5.96. The van der Waals surface area contributed by atoms with E-state index in [0.717, 1.165) is 5.56 Å². The fourth-order valence-electron chi connectivity index (χ4n) is 0.916. The van der Waals surface area contributed by atoms with Gasteiger partial charge in [0.15, 0.2) is 0 Å². The molecule has 0 amide bonds. The van der Waals surface area contributed by atoms with Crippen LogP contribution in [0.3, 0.4) is 0 Å². The molecule has 64 valence electrons. The molecule has 0 saturated carbocycles. The Labute approximate surface area is 91.5 Å². The monoisotopic (exact) mass is 168 g/mol. The summed E-state index contributed by atoms with van der Waals surface area (Å²) in [5.41, 5.74) is 1.58. The van der Waals surface area contributed by atoms with E-state index in [9.17, 15) is 5.41 Å². The van der Waals surface area contributed by atoms with Gasteiger partial charge in [0.05, 0.1) is 0 Å². The van der Waals surface area contributed by atoms with Crippen LogP contribution in [0.15, 0.2) is 24.5 Å². The Morgan fingerprint density at radius 2 is 2.23 bits per heavy atom. The zero-order chi connectivity index (χ0) is 8.97. The SMILES string of the molecule is CC(C)C(=[N-])Cc1cccnc1.[Li+]. The summed E-state index contributed by atoms with van der Waals surface area (Å²) in [7, 11) is 0. The van der Waals surface area contributed by atoms with Crippen LogP contribution in [-0.4, -0.2) is 10.7 Å². The molecule has 1 rings (SSSR count). The summed E-state index contributed by atoms with van der Waals surface area (Å²) >= 11 is 0. The van der Waals surface area contributed by atoms with Crippen LogP contribution in [0, 0.1) is 5.92 Å². The summed E-state index contributed by atoms with van der Waals surface area (Å²) in [6, 6.07) is 3.84. The number of aromatic nitrogens is 1. The Balaban J connectivity index is 0.00000144. The van der Waals surface area contributed by atoms with Crippen LogP contribution < -0.4 is 18.9 Å². The van der Waals surface area contributed by atoms with Gasteiger partial charge in [-0.05, 0) is 24.0 Å². The van der Waals surface area contributed by atoms with Crippen LogP contribution in [0.25, 0.3) is 5.41 Å². The minimum Gasteiger partial charge on any atom is -0.811 e. The van der Waals surface area contributed by atoms with Crippen LogP contribution in [0.2, 0.25) is 0 Å². The smallest absolute Gasteiger partial charge is 0.811 e. The van der Waals surface area contributed by atoms with Crippen molar-refractivity contribution in [3.8, 4) is 0 Å². The van der Waals surface area contributed by atoms with E-state index >= 15 is 0 Å². The summed E-state index contributed by atoms with van der Waals surface area (Å²) < 4.78 is 0. The van der Waals surface area contributed by atoms with Crippen molar-refractivity contribution in [2.75, 3.05) is 0 Å². The molecule has 2 nitrogen and oxygen atoms in total. The third kappa shape index (κ3) is 4.26. The molecule has 0 saturated heterocycles. The Morgan fingerprint density at radius 1 is 1.54 bits per heavy atom. The van der Waals surface area contributed by atoms with E-state index in [0.29, 0.717) is 12.1 Å². The third-order valence-corrected chi connectivity index (χ3v) is 1.77. The van der Waals surface area contributed by atoms with Crippen LogP contribution >= 0.6 is 0 Å². The van der Waals surface area contributed by atoms with Gasteiger partial charge in [0.2, 0.25) is 0 Å². The summed E-state index contributed by atoms with van der Waals surface area (Å²) in [6.45, 7) is 3.96. The first-order chi connectivity index (χ1) is 5.70. The van der Waals surface area contributed by atoms with Gasteiger partial charge < -0.3 is 5.41 Å². The van der Waals surface area contributed by atoms with Crippen molar-refractivity contribution in [1.29, 1.82) is 0 Å². The predicted molar refractivity (Wildman–Crippen MR) is 51.1 cm³/mol. The van der Waals surface area contributed by atoms with Gasteiger partial charge in [-0.25, -0.2) is 0 Å². The van der Waals surface area contributed by atoms with E-state index in [1.54, 1.807) is 12.4 Å². The Hall–Kier alpha value is -0.583. The first kappa shape index (κ1) is 12.4. The normalized spacial score (nSPS) is 9.46. The summed E-state index contributed by atoms with van der Waals surface area (Å²) in [4.78, 5) is 3.97. The molecule has 0 N–H and O–H groups in total. The van der Waals surface area contributed by atoms with E-state index in [-0.39, 0.29) is 24.8 Å². The molecule has 0 atom stereocenters. The van der Waals surface area contributed by atoms with Crippen molar-refractivity contribution < 1.29 is 18.9 Å². The van der Waals surface area contributed by atoms with Crippen molar-refractivity contribution in [2.45, 2.75) is 20.3 Å². The van der Waals surface area contributed by atoms with E-state index in [4.69, 9.17) is 0 Å². The first-order valence-electron chi connectivity index (χ1n) is 4.13. The summed E-state index contributed by atoms with van der Waals surface area (Å²) in [5, 5.41) is 9.47. The quantitative estimate of drug-likeness (QED) is 0.434. The maximum absolute atomic E-state index is 9.47. The molecule has 0 unspecified atom stereocenters. The average molecular weight is 168 g/mol. The van der Waals surface area contributed by atoms with Gasteiger partial charge in [-0.15, -0.1) is 0 Å². The molecule has 0 fully saturated rings. The van der Waals surface area contributed by atoms with Crippen LogP contribution in [0.5, 0.6) is 0 Å². The molecule has 0 aliphatic rings. The standard InChI is InChI=1S/C10H13N2.Li/c1-8(2)10(11)6-9-4-3-5-12-7-9;/h3-5,7-8H,6H2,1-2H3;/q-1;+1. The van der Waals surface area contributed by atoms with Gasteiger partial charge in [0.25, 0.3) is 0 Å². The maximum Gasteiger partial charge on any atom is 1.00 e. The molecular weight excluding hydrogens is 155 g/mol. The third-order valence-electron chi connectivity index (χ3n) is 1.77.